The number of carbonyl (C=O) groups excluding carboxylic acids is 1. The second kappa shape index (κ2) is 16.0. The van der Waals surface area contributed by atoms with Crippen LogP contribution in [0.4, 0.5) is 0 Å². The zero-order chi connectivity index (χ0) is 33.7. The van der Waals surface area contributed by atoms with Crippen LogP contribution in [0.15, 0.2) is 89.3 Å². The Hall–Kier alpha value is -3.86. The van der Waals surface area contributed by atoms with Crippen LogP contribution >= 0.6 is 0 Å². The summed E-state index contributed by atoms with van der Waals surface area (Å²) in [4.78, 5) is 20.9. The van der Waals surface area contributed by atoms with Crippen LogP contribution in [0.25, 0.3) is 54.9 Å². The summed E-state index contributed by atoms with van der Waals surface area (Å²) in [7, 11) is 0. The van der Waals surface area contributed by atoms with Gasteiger partial charge in [0, 0.05) is 48.8 Å². The third-order valence-corrected chi connectivity index (χ3v) is 9.03. The summed E-state index contributed by atoms with van der Waals surface area (Å²) >= 11 is 0. The predicted octanol–water partition coefficient (Wildman–Crippen LogP) is 11.6. The van der Waals surface area contributed by atoms with E-state index in [1.165, 1.54) is 17.0 Å². The molecule has 0 spiro atoms. The molecule has 6 rings (SSSR count). The standard InChI is InChI=1S/C29H23N2O.C13H24O2.Ir/c1-29(2,3)16-18-8-12-23-21(14-18)11-13-24-26-28(32-27(23)24)25(30-17-31-26)22-10-9-19-6-4-5-7-20(19)15-22;1-5-10(6-2)12(14)9-13(15)11(7-3)8-4;/h4-14,17H,16H2,1-3H3;9-11,14H,5-8H2,1-4H3;/q-1;;/b;12-9-;. The van der Waals surface area contributed by atoms with Crippen LogP contribution in [-0.2, 0) is 31.3 Å². The van der Waals surface area contributed by atoms with Crippen molar-refractivity contribution in [1.82, 2.24) is 9.97 Å². The summed E-state index contributed by atoms with van der Waals surface area (Å²) < 4.78 is 6.46. The molecule has 0 bridgehead atoms. The Morgan fingerprint density at radius 1 is 0.833 bits per heavy atom. The molecule has 0 aliphatic heterocycles. The number of furan rings is 1. The van der Waals surface area contributed by atoms with Crippen LogP contribution in [0.3, 0.4) is 0 Å². The van der Waals surface area contributed by atoms with Gasteiger partial charge in [0.1, 0.15) is 23.0 Å². The molecule has 0 fully saturated rings. The molecule has 5 nitrogen and oxygen atoms in total. The van der Waals surface area contributed by atoms with Gasteiger partial charge in [-0.15, -0.1) is 29.7 Å². The van der Waals surface area contributed by atoms with Gasteiger partial charge >= 0.3 is 0 Å². The number of rotatable bonds is 9. The van der Waals surface area contributed by atoms with E-state index < -0.39 is 0 Å². The maximum atomic E-state index is 11.7. The first-order chi connectivity index (χ1) is 22.6. The SMILES string of the molecule is CC(C)(C)Cc1ccc2c(ccc3c4ncnc(-c5[c-]c6ccccc6cc5)c4oc23)c1.CCC(CC)C(=O)/C=C(\O)C(CC)CC.[Ir]. The molecule has 0 saturated heterocycles. The van der Waals surface area contributed by atoms with Crippen molar-refractivity contribution in [2.45, 2.75) is 80.6 Å². The van der Waals surface area contributed by atoms with E-state index >= 15 is 0 Å². The number of carbonyl (C=O) groups is 1. The van der Waals surface area contributed by atoms with Crippen molar-refractivity contribution in [1.29, 1.82) is 0 Å². The molecule has 2 aromatic heterocycles. The Morgan fingerprint density at radius 2 is 1.50 bits per heavy atom. The first kappa shape index (κ1) is 37.0. The van der Waals surface area contributed by atoms with Gasteiger partial charge in [-0.05, 0) is 54.5 Å². The minimum atomic E-state index is 0. The molecule has 0 amide bonds. The van der Waals surface area contributed by atoms with Crippen molar-refractivity contribution in [3.8, 4) is 11.3 Å². The molecule has 1 N–H and O–H groups in total. The minimum absolute atomic E-state index is 0. The number of aromatic nitrogens is 2. The largest absolute Gasteiger partial charge is 0.512 e. The predicted molar refractivity (Wildman–Crippen MR) is 196 cm³/mol. The normalized spacial score (nSPS) is 12.1. The molecule has 2 heterocycles. The zero-order valence-electron chi connectivity index (χ0n) is 29.2. The number of benzene rings is 4. The molecule has 253 valence electrons. The molecule has 0 unspecified atom stereocenters. The Morgan fingerprint density at radius 3 is 2.19 bits per heavy atom. The van der Waals surface area contributed by atoms with Crippen molar-refractivity contribution >= 4 is 49.4 Å². The van der Waals surface area contributed by atoms with Crippen molar-refractivity contribution in [3.63, 3.8) is 0 Å². The fraction of sp³-hybridized carbons (Fsp3) is 0.357. The summed E-state index contributed by atoms with van der Waals surface area (Å²) in [6.45, 7) is 14.9. The van der Waals surface area contributed by atoms with E-state index in [0.29, 0.717) is 5.58 Å². The average molecular weight is 820 g/mol. The molecule has 0 aliphatic carbocycles. The van der Waals surface area contributed by atoms with E-state index in [1.54, 1.807) is 6.33 Å². The Bertz CT molecular complexity index is 2050. The molecule has 48 heavy (non-hydrogen) atoms. The van der Waals surface area contributed by atoms with Gasteiger partial charge in [-0.3, -0.25) is 9.78 Å². The van der Waals surface area contributed by atoms with Gasteiger partial charge in [0.05, 0.1) is 11.5 Å². The summed E-state index contributed by atoms with van der Waals surface area (Å²) in [5, 5.41) is 15.3. The van der Waals surface area contributed by atoms with Crippen molar-refractivity contribution in [2.75, 3.05) is 0 Å². The monoisotopic (exact) mass is 820 g/mol. The van der Waals surface area contributed by atoms with Crippen molar-refractivity contribution in [3.05, 3.63) is 96.5 Å². The second-order valence-corrected chi connectivity index (χ2v) is 13.7. The van der Waals surface area contributed by atoms with Crippen LogP contribution in [0.1, 0.15) is 79.7 Å². The summed E-state index contributed by atoms with van der Waals surface area (Å²) in [5.74, 6) is 0.547. The fourth-order valence-electron chi connectivity index (χ4n) is 6.36. The van der Waals surface area contributed by atoms with Gasteiger partial charge in [-0.1, -0.05) is 102 Å². The third-order valence-electron chi connectivity index (χ3n) is 9.03. The van der Waals surface area contributed by atoms with E-state index in [2.05, 4.69) is 85.3 Å². The number of aliphatic hydroxyl groups excluding tert-OH is 1. The molecule has 6 aromatic rings. The van der Waals surface area contributed by atoms with Crippen molar-refractivity contribution in [2.24, 2.45) is 17.3 Å². The Balaban J connectivity index is 0.000000279. The fourth-order valence-corrected chi connectivity index (χ4v) is 6.36. The van der Waals surface area contributed by atoms with Gasteiger partial charge < -0.3 is 9.52 Å². The topological polar surface area (TPSA) is 76.2 Å². The number of allylic oxidation sites excluding steroid dienone is 2. The zero-order valence-corrected chi connectivity index (χ0v) is 31.6. The number of ketones is 1. The number of fused-ring (bicyclic) bond motifs is 6. The second-order valence-electron chi connectivity index (χ2n) is 13.7. The molecule has 6 heteroatoms. The van der Waals surface area contributed by atoms with Gasteiger partial charge in [0.2, 0.25) is 0 Å². The van der Waals surface area contributed by atoms with Gasteiger partial charge in [-0.2, -0.15) is 0 Å². The molecule has 0 atom stereocenters. The quantitative estimate of drug-likeness (QED) is 0.0893. The van der Waals surface area contributed by atoms with Crippen LogP contribution in [-0.4, -0.2) is 20.9 Å². The molecular weight excluding hydrogens is 773 g/mol. The number of aliphatic hydroxyl groups is 1. The maximum absolute atomic E-state index is 11.7. The van der Waals surface area contributed by atoms with Crippen LogP contribution in [0, 0.1) is 23.3 Å². The molecule has 1 radical (unpaired) electrons. The number of hydrogen-bond donors (Lipinski definition) is 1. The van der Waals surface area contributed by atoms with E-state index in [-0.39, 0.29) is 48.9 Å². The van der Waals surface area contributed by atoms with Gasteiger partial charge in [0.25, 0.3) is 0 Å². The van der Waals surface area contributed by atoms with Crippen LogP contribution < -0.4 is 0 Å². The van der Waals surface area contributed by atoms with E-state index in [9.17, 15) is 9.90 Å². The van der Waals surface area contributed by atoms with E-state index in [0.717, 1.165) is 76.0 Å². The van der Waals surface area contributed by atoms with Crippen LogP contribution in [0.5, 0.6) is 0 Å². The first-order valence-electron chi connectivity index (χ1n) is 17.0. The average Bonchev–Trinajstić information content (AvgIpc) is 3.44. The Kier molecular flexibility index (Phi) is 12.3. The van der Waals surface area contributed by atoms with Crippen LogP contribution in [0.2, 0.25) is 0 Å². The minimum Gasteiger partial charge on any atom is -0.512 e. The number of hydrogen-bond acceptors (Lipinski definition) is 5. The van der Waals surface area contributed by atoms with E-state index in [1.807, 2.05) is 45.9 Å². The summed E-state index contributed by atoms with van der Waals surface area (Å²) in [6, 6.07) is 26.8. The van der Waals surface area contributed by atoms with Crippen molar-refractivity contribution < 1.29 is 34.4 Å². The van der Waals surface area contributed by atoms with E-state index in [4.69, 9.17) is 4.42 Å². The maximum Gasteiger partial charge on any atom is 0.162 e. The molecule has 0 aliphatic rings. The Labute approximate surface area is 298 Å². The van der Waals surface area contributed by atoms with Gasteiger partial charge in [0.15, 0.2) is 5.78 Å². The summed E-state index contributed by atoms with van der Waals surface area (Å²) in [5.41, 5.74) is 5.68. The smallest absolute Gasteiger partial charge is 0.162 e. The molecule has 0 saturated carbocycles. The summed E-state index contributed by atoms with van der Waals surface area (Å²) in [6.07, 6.45) is 7.56. The third kappa shape index (κ3) is 8.22. The number of nitrogens with zero attached hydrogens (tertiary/aromatic N) is 2. The molecule has 4 aromatic carbocycles. The van der Waals surface area contributed by atoms with Gasteiger partial charge in [-0.25, -0.2) is 4.98 Å². The molecular formula is C42H47IrN2O3-. The first-order valence-corrected chi connectivity index (χ1v) is 17.0.